The number of likely N-dealkylation sites (N-methyl/N-ethyl adjacent to an activating group) is 2. The molecule has 0 spiro atoms. The molecule has 0 N–H and O–H groups in total. The van der Waals surface area contributed by atoms with Gasteiger partial charge < -0.3 is 14.5 Å². The third-order valence-electron chi connectivity index (χ3n) is 4.97. The molecule has 2 aliphatic heterocycles. The Kier molecular flexibility index (Phi) is 5.93. The fourth-order valence-electron chi connectivity index (χ4n) is 3.31. The number of pyridine rings is 1. The van der Waals surface area contributed by atoms with E-state index in [-0.39, 0.29) is 11.0 Å². The highest BCUT2D eigenvalue weighted by Gasteiger charge is 2.28. The van der Waals surface area contributed by atoms with Gasteiger partial charge in [-0.05, 0) is 38.9 Å². The zero-order valence-electron chi connectivity index (χ0n) is 15.1. The minimum Gasteiger partial charge on any atom is -0.376 e. The van der Waals surface area contributed by atoms with E-state index in [9.17, 15) is 8.42 Å². The Bertz CT molecular complexity index is 651. The van der Waals surface area contributed by atoms with Crippen LogP contribution in [0.3, 0.4) is 0 Å². The van der Waals surface area contributed by atoms with Crippen molar-refractivity contribution in [2.75, 3.05) is 57.8 Å². The van der Waals surface area contributed by atoms with E-state index in [2.05, 4.69) is 21.7 Å². The van der Waals surface area contributed by atoms with Crippen molar-refractivity contribution < 1.29 is 13.2 Å². The Labute approximate surface area is 150 Å². The third-order valence-corrected chi connectivity index (χ3v) is 6.86. The van der Waals surface area contributed by atoms with Crippen LogP contribution in [-0.4, -0.2) is 81.6 Å². The molecule has 1 aromatic heterocycles. The maximum absolute atomic E-state index is 12.8. The molecule has 0 amide bonds. The molecule has 0 bridgehead atoms. The number of hydrogen-bond donors (Lipinski definition) is 0. The highest BCUT2D eigenvalue weighted by atomic mass is 32.2. The topological polar surface area (TPSA) is 66.0 Å². The summed E-state index contributed by atoms with van der Waals surface area (Å²) < 4.78 is 32.8. The Morgan fingerprint density at radius 1 is 1.28 bits per heavy atom. The normalized spacial score (nSPS) is 23.0. The lowest BCUT2D eigenvalue weighted by Gasteiger charge is -2.31. The Hall–Kier alpha value is -1.22. The van der Waals surface area contributed by atoms with Crippen molar-refractivity contribution in [1.82, 2.24) is 14.2 Å². The molecule has 1 aromatic rings. The van der Waals surface area contributed by atoms with Crippen molar-refractivity contribution in [3.63, 3.8) is 0 Å². The zero-order chi connectivity index (χ0) is 17.9. The summed E-state index contributed by atoms with van der Waals surface area (Å²) in [6.45, 7) is 7.10. The average Bonchev–Trinajstić information content (AvgIpc) is 3.13. The summed E-state index contributed by atoms with van der Waals surface area (Å²) in [5.41, 5.74) is 0. The molecule has 2 aliphatic rings. The van der Waals surface area contributed by atoms with Crippen LogP contribution < -0.4 is 4.90 Å². The van der Waals surface area contributed by atoms with Crippen molar-refractivity contribution in [2.45, 2.75) is 30.8 Å². The maximum atomic E-state index is 12.8. The number of piperazine rings is 1. The molecule has 140 valence electrons. The molecule has 3 heterocycles. The van der Waals surface area contributed by atoms with Gasteiger partial charge in [0.1, 0.15) is 10.7 Å². The zero-order valence-corrected chi connectivity index (χ0v) is 15.9. The lowest BCUT2D eigenvalue weighted by Crippen LogP contribution is -2.47. The number of rotatable bonds is 6. The first-order chi connectivity index (χ1) is 12.0. The fourth-order valence-corrected chi connectivity index (χ4v) is 4.68. The predicted molar refractivity (Wildman–Crippen MR) is 97.4 cm³/mol. The maximum Gasteiger partial charge on any atom is 0.244 e. The van der Waals surface area contributed by atoms with E-state index in [1.807, 2.05) is 7.05 Å². The highest BCUT2D eigenvalue weighted by Crippen LogP contribution is 2.21. The first kappa shape index (κ1) is 18.6. The van der Waals surface area contributed by atoms with Crippen molar-refractivity contribution in [1.29, 1.82) is 0 Å². The van der Waals surface area contributed by atoms with Gasteiger partial charge >= 0.3 is 0 Å². The van der Waals surface area contributed by atoms with E-state index in [1.165, 1.54) is 6.20 Å². The van der Waals surface area contributed by atoms with Gasteiger partial charge in [0.25, 0.3) is 0 Å². The molecule has 1 atom stereocenters. The summed E-state index contributed by atoms with van der Waals surface area (Å²) in [5.74, 6) is 0.801. The number of sulfonamides is 1. The number of ether oxygens (including phenoxy) is 1. The van der Waals surface area contributed by atoms with Crippen molar-refractivity contribution in [2.24, 2.45) is 0 Å². The Balaban J connectivity index is 1.70. The molecule has 8 heteroatoms. The quantitative estimate of drug-likeness (QED) is 0.747. The molecule has 2 saturated heterocycles. The van der Waals surface area contributed by atoms with Crippen molar-refractivity contribution in [3.05, 3.63) is 18.3 Å². The molecular formula is C17H28N4O3S. The molecule has 1 unspecified atom stereocenters. The SMILES string of the molecule is CCN(CC1CCCO1)c1ccc(S(=O)(=O)N2CCN(C)CC2)cn1. The van der Waals surface area contributed by atoms with E-state index in [0.717, 1.165) is 51.4 Å². The second-order valence-electron chi connectivity index (χ2n) is 6.73. The predicted octanol–water partition coefficient (Wildman–Crippen LogP) is 1.02. The smallest absolute Gasteiger partial charge is 0.244 e. The van der Waals surface area contributed by atoms with E-state index in [4.69, 9.17) is 4.74 Å². The summed E-state index contributed by atoms with van der Waals surface area (Å²) in [6.07, 6.45) is 3.92. The van der Waals surface area contributed by atoms with Gasteiger partial charge in [0.15, 0.2) is 0 Å². The lowest BCUT2D eigenvalue weighted by molar-refractivity contribution is 0.115. The van der Waals surface area contributed by atoms with Crippen LogP contribution in [0.5, 0.6) is 0 Å². The number of aromatic nitrogens is 1. The number of nitrogens with zero attached hydrogens (tertiary/aromatic N) is 4. The largest absolute Gasteiger partial charge is 0.376 e. The van der Waals surface area contributed by atoms with Crippen LogP contribution in [-0.2, 0) is 14.8 Å². The first-order valence-corrected chi connectivity index (χ1v) is 10.5. The van der Waals surface area contributed by atoms with Gasteiger partial charge in [0.2, 0.25) is 10.0 Å². The minimum atomic E-state index is -3.46. The van der Waals surface area contributed by atoms with Gasteiger partial charge in [-0.3, -0.25) is 0 Å². The van der Waals surface area contributed by atoms with E-state index >= 15 is 0 Å². The van der Waals surface area contributed by atoms with Crippen LogP contribution >= 0.6 is 0 Å². The molecule has 25 heavy (non-hydrogen) atoms. The summed E-state index contributed by atoms with van der Waals surface area (Å²) in [5, 5.41) is 0. The third kappa shape index (κ3) is 4.31. The van der Waals surface area contributed by atoms with Crippen LogP contribution in [0, 0.1) is 0 Å². The van der Waals surface area contributed by atoms with Gasteiger partial charge in [-0.25, -0.2) is 13.4 Å². The second kappa shape index (κ2) is 7.99. The summed E-state index contributed by atoms with van der Waals surface area (Å²) in [4.78, 5) is 8.97. The summed E-state index contributed by atoms with van der Waals surface area (Å²) >= 11 is 0. The summed E-state index contributed by atoms with van der Waals surface area (Å²) in [7, 11) is -1.45. The number of anilines is 1. The van der Waals surface area contributed by atoms with Gasteiger partial charge in [0, 0.05) is 52.1 Å². The molecule has 3 rings (SSSR count). The second-order valence-corrected chi connectivity index (χ2v) is 8.67. The molecule has 0 aromatic carbocycles. The van der Waals surface area contributed by atoms with Crippen LogP contribution in [0.1, 0.15) is 19.8 Å². The molecule has 0 radical (unpaired) electrons. The monoisotopic (exact) mass is 368 g/mol. The van der Waals surface area contributed by atoms with Gasteiger partial charge in [-0.1, -0.05) is 0 Å². The first-order valence-electron chi connectivity index (χ1n) is 9.02. The van der Waals surface area contributed by atoms with Crippen molar-refractivity contribution in [3.8, 4) is 0 Å². The van der Waals surface area contributed by atoms with Gasteiger partial charge in [-0.2, -0.15) is 4.31 Å². The van der Waals surface area contributed by atoms with E-state index in [1.54, 1.807) is 16.4 Å². The highest BCUT2D eigenvalue weighted by molar-refractivity contribution is 7.89. The van der Waals surface area contributed by atoms with Gasteiger partial charge in [0.05, 0.1) is 6.10 Å². The Morgan fingerprint density at radius 3 is 2.60 bits per heavy atom. The van der Waals surface area contributed by atoms with E-state index < -0.39 is 10.0 Å². The fraction of sp³-hybridized carbons (Fsp3) is 0.706. The summed E-state index contributed by atoms with van der Waals surface area (Å²) in [6, 6.07) is 3.48. The van der Waals surface area contributed by atoms with Crippen molar-refractivity contribution >= 4 is 15.8 Å². The molecule has 2 fully saturated rings. The molecule has 0 aliphatic carbocycles. The van der Waals surface area contributed by atoms with Crippen LogP contribution in [0.2, 0.25) is 0 Å². The van der Waals surface area contributed by atoms with Gasteiger partial charge in [-0.15, -0.1) is 0 Å². The Morgan fingerprint density at radius 2 is 2.04 bits per heavy atom. The number of hydrogen-bond acceptors (Lipinski definition) is 6. The van der Waals surface area contributed by atoms with E-state index in [0.29, 0.717) is 13.1 Å². The molecular weight excluding hydrogens is 340 g/mol. The average molecular weight is 369 g/mol. The van der Waals surface area contributed by atoms with Crippen LogP contribution in [0.4, 0.5) is 5.82 Å². The van der Waals surface area contributed by atoms with Crippen LogP contribution in [0.15, 0.2) is 23.2 Å². The van der Waals surface area contributed by atoms with Crippen LogP contribution in [0.25, 0.3) is 0 Å². The lowest BCUT2D eigenvalue weighted by atomic mass is 10.2. The molecule has 0 saturated carbocycles. The standard InChI is InChI=1S/C17H28N4O3S/c1-3-20(14-15-5-4-12-24-15)17-7-6-16(13-18-17)25(22,23)21-10-8-19(2)9-11-21/h6-7,13,15H,3-5,8-12,14H2,1-2H3. The minimum absolute atomic E-state index is 0.246. The molecule has 7 nitrogen and oxygen atoms in total.